The van der Waals surface area contributed by atoms with E-state index in [0.29, 0.717) is 22.0 Å². The zero-order valence-electron chi connectivity index (χ0n) is 36.9. The average Bonchev–Trinajstić information content (AvgIpc) is 3.73. The molecule has 0 radical (unpaired) electrons. The molecule has 0 amide bonds. The highest BCUT2D eigenvalue weighted by molar-refractivity contribution is 5.92. The van der Waals surface area contributed by atoms with Gasteiger partial charge in [-0.25, -0.2) is 0 Å². The molecule has 0 saturated heterocycles. The predicted molar refractivity (Wildman–Crippen MR) is 227 cm³/mol. The van der Waals surface area contributed by atoms with Gasteiger partial charge in [-0.15, -0.1) is 0 Å². The van der Waals surface area contributed by atoms with Crippen molar-refractivity contribution in [3.8, 4) is 0 Å². The van der Waals surface area contributed by atoms with Crippen LogP contribution in [0, 0.1) is 74.9 Å². The van der Waals surface area contributed by atoms with Crippen molar-refractivity contribution in [2.75, 3.05) is 7.11 Å². The van der Waals surface area contributed by atoms with Crippen molar-refractivity contribution >= 4 is 5.78 Å². The first kappa shape index (κ1) is 42.3. The van der Waals surface area contributed by atoms with Crippen molar-refractivity contribution in [1.29, 1.82) is 0 Å². The zero-order valence-corrected chi connectivity index (χ0v) is 36.9. The smallest absolute Gasteiger partial charge is 0.156 e. The van der Waals surface area contributed by atoms with E-state index in [9.17, 15) is 4.79 Å². The summed E-state index contributed by atoms with van der Waals surface area (Å²) in [5.41, 5.74) is 6.33. The molecule has 2 nitrogen and oxygen atoms in total. The number of ketones is 1. The minimum atomic E-state index is 0.253. The molecule has 0 N–H and O–H groups in total. The van der Waals surface area contributed by atoms with E-state index in [2.05, 4.69) is 85.8 Å². The van der Waals surface area contributed by atoms with Gasteiger partial charge in [-0.3, -0.25) is 4.79 Å². The molecule has 0 aromatic carbocycles. The van der Waals surface area contributed by atoms with Crippen LogP contribution in [-0.4, -0.2) is 12.9 Å². The second kappa shape index (κ2) is 16.7. The molecule has 53 heavy (non-hydrogen) atoms. The van der Waals surface area contributed by atoms with Gasteiger partial charge in [0.25, 0.3) is 0 Å². The summed E-state index contributed by atoms with van der Waals surface area (Å²) in [5, 5.41) is 0. The van der Waals surface area contributed by atoms with E-state index in [-0.39, 0.29) is 5.41 Å². The third-order valence-corrected chi connectivity index (χ3v) is 17.8. The van der Waals surface area contributed by atoms with Crippen molar-refractivity contribution in [1.82, 2.24) is 0 Å². The second-order valence-corrected chi connectivity index (χ2v) is 19.5. The Labute approximate surface area is 328 Å². The van der Waals surface area contributed by atoms with Crippen LogP contribution in [0.15, 0.2) is 58.9 Å². The van der Waals surface area contributed by atoms with Crippen LogP contribution < -0.4 is 0 Å². The van der Waals surface area contributed by atoms with Crippen molar-refractivity contribution in [3.63, 3.8) is 0 Å². The number of carbonyl (C=O) groups excluding carboxylic acids is 1. The lowest BCUT2D eigenvalue weighted by molar-refractivity contribution is -0.116. The largest absolute Gasteiger partial charge is 0.501 e. The number of ether oxygens (including phenoxy) is 1. The van der Waals surface area contributed by atoms with Gasteiger partial charge in [0.2, 0.25) is 0 Å². The van der Waals surface area contributed by atoms with Crippen LogP contribution in [-0.2, 0) is 9.53 Å². The first-order valence-corrected chi connectivity index (χ1v) is 22.9. The fourth-order valence-corrected chi connectivity index (χ4v) is 14.3. The van der Waals surface area contributed by atoms with E-state index in [0.717, 1.165) is 72.5 Å². The lowest BCUT2D eigenvalue weighted by Gasteiger charge is -2.56. The van der Waals surface area contributed by atoms with Crippen LogP contribution in [0.1, 0.15) is 173 Å². The summed E-state index contributed by atoms with van der Waals surface area (Å²) in [4.78, 5) is 11.9. The maximum atomic E-state index is 11.9. The van der Waals surface area contributed by atoms with Crippen LogP contribution in [0.5, 0.6) is 0 Å². The van der Waals surface area contributed by atoms with Gasteiger partial charge in [0.05, 0.1) is 12.9 Å². The monoisotopic (exact) mass is 727 g/mol. The Morgan fingerprint density at radius 3 is 1.96 bits per heavy atom. The lowest BCUT2D eigenvalue weighted by atomic mass is 9.48. The van der Waals surface area contributed by atoms with Crippen LogP contribution >= 0.6 is 0 Å². The van der Waals surface area contributed by atoms with Crippen LogP contribution in [0.4, 0.5) is 0 Å². The van der Waals surface area contributed by atoms with Crippen molar-refractivity contribution in [3.05, 3.63) is 58.9 Å². The van der Waals surface area contributed by atoms with Crippen molar-refractivity contribution < 1.29 is 9.53 Å². The normalized spacial score (nSPS) is 42.8. The van der Waals surface area contributed by atoms with Crippen LogP contribution in [0.3, 0.4) is 0 Å². The minimum Gasteiger partial charge on any atom is -0.501 e. The Morgan fingerprint density at radius 1 is 0.679 bits per heavy atom. The fourth-order valence-electron chi connectivity index (χ4n) is 14.3. The second-order valence-electron chi connectivity index (χ2n) is 19.5. The molecular weight excluding hydrogens is 645 g/mol. The number of hydrogen-bond acceptors (Lipinski definition) is 2. The van der Waals surface area contributed by atoms with Gasteiger partial charge >= 0.3 is 0 Å². The number of fused-ring (bicyclic) bond motifs is 10. The highest BCUT2D eigenvalue weighted by Crippen LogP contribution is 2.67. The highest BCUT2D eigenvalue weighted by atomic mass is 16.5. The van der Waals surface area contributed by atoms with E-state index in [1.54, 1.807) is 5.57 Å². The van der Waals surface area contributed by atoms with E-state index < -0.39 is 0 Å². The summed E-state index contributed by atoms with van der Waals surface area (Å²) >= 11 is 0. The number of allylic oxidation sites excluding steroid dienone is 10. The first-order valence-electron chi connectivity index (χ1n) is 22.9. The molecule has 8 aliphatic rings. The summed E-state index contributed by atoms with van der Waals surface area (Å²) < 4.78 is 5.56. The van der Waals surface area contributed by atoms with Gasteiger partial charge in [0.1, 0.15) is 0 Å². The Hall–Kier alpha value is -1.83. The van der Waals surface area contributed by atoms with Gasteiger partial charge in [-0.05, 0) is 162 Å². The van der Waals surface area contributed by atoms with E-state index in [1.807, 2.05) is 40.9 Å². The van der Waals surface area contributed by atoms with Gasteiger partial charge in [0, 0.05) is 12.8 Å². The topological polar surface area (TPSA) is 26.3 Å². The molecule has 0 heterocycles. The molecule has 298 valence electrons. The van der Waals surface area contributed by atoms with Gasteiger partial charge < -0.3 is 4.74 Å². The molecule has 8 aliphatic carbocycles. The number of rotatable bonds is 5. The number of methoxy groups -OCH3 is 1. The minimum absolute atomic E-state index is 0.253. The molecule has 4 saturated carbocycles. The third kappa shape index (κ3) is 7.09. The maximum absolute atomic E-state index is 11.9. The summed E-state index contributed by atoms with van der Waals surface area (Å²) in [6.45, 7) is 28.0. The van der Waals surface area contributed by atoms with E-state index in [1.165, 1.54) is 87.5 Å². The summed E-state index contributed by atoms with van der Waals surface area (Å²) in [6, 6.07) is 0. The van der Waals surface area contributed by atoms with Crippen LogP contribution in [0.25, 0.3) is 0 Å². The summed E-state index contributed by atoms with van der Waals surface area (Å²) in [5.74, 6) is 9.04. The van der Waals surface area contributed by atoms with E-state index >= 15 is 0 Å². The molecule has 4 fully saturated rings. The molecule has 0 aromatic heterocycles. The third-order valence-electron chi connectivity index (χ3n) is 17.8. The highest BCUT2D eigenvalue weighted by Gasteiger charge is 2.59. The first-order chi connectivity index (χ1) is 25.3. The van der Waals surface area contributed by atoms with E-state index in [4.69, 9.17) is 4.74 Å². The van der Waals surface area contributed by atoms with Crippen molar-refractivity contribution in [2.24, 2.45) is 74.9 Å². The lowest BCUT2D eigenvalue weighted by Crippen LogP contribution is -2.49. The molecule has 0 bridgehead atoms. The molecule has 8 rings (SSSR count). The number of hydrogen-bond donors (Lipinski definition) is 0. The van der Waals surface area contributed by atoms with Crippen molar-refractivity contribution in [2.45, 2.75) is 173 Å². The Morgan fingerprint density at radius 2 is 1.30 bits per heavy atom. The zero-order chi connectivity index (χ0) is 38.9. The van der Waals surface area contributed by atoms with Gasteiger partial charge in [0.15, 0.2) is 5.78 Å². The molecular formula is C51H82O2. The maximum Gasteiger partial charge on any atom is 0.156 e. The SMILES string of the molecule is CC.CC.CCC(C)C1CCC2C3=CC=C4C=C(OC)CCC4(C)C3CCC21C.CCC(C)C1CCC2C3C=CC4=CC(=O)CCC4(C)C3CCC12C. The molecule has 0 spiro atoms. The Balaban J connectivity index is 0.000000187. The predicted octanol–water partition coefficient (Wildman–Crippen LogP) is 14.7. The molecule has 0 aliphatic heterocycles. The molecule has 13 atom stereocenters. The molecule has 0 aromatic rings. The number of carbonyl (C=O) groups is 1. The quantitative estimate of drug-likeness (QED) is 0.282. The standard InChI is InChI=1S/C24H36O.C23H34O.2C2H6/c1-6-16(2)20-9-10-21-19-8-7-17-15-18(25-5)11-13-23(17,3)22(19)12-14-24(20,21)4;1-5-15(2)19-8-9-20-18-7-6-16-14-17(24)10-12-22(16,3)21(18)11-13-23(19,20)4;2*1-2/h7-8,15-16,20-22H,6,9-14H2,1-5H3;6-7,14-15,18-21H,5,8-13H2,1-4H3;2*1-2H3. The fraction of sp³-hybridized carbons (Fsp3) is 0.784. The van der Waals surface area contributed by atoms with Gasteiger partial charge in [-0.1, -0.05) is 126 Å². The molecule has 13 unspecified atom stereocenters. The molecule has 2 heteroatoms. The summed E-state index contributed by atoms with van der Waals surface area (Å²) in [7, 11) is 1.82. The van der Waals surface area contributed by atoms with Crippen LogP contribution in [0.2, 0.25) is 0 Å². The van der Waals surface area contributed by atoms with Gasteiger partial charge in [-0.2, -0.15) is 0 Å². The average molecular weight is 727 g/mol. The summed E-state index contributed by atoms with van der Waals surface area (Å²) in [6.07, 6.45) is 32.2. The Bertz CT molecular complexity index is 1460. The Kier molecular flexibility index (Phi) is 13.4.